The molecule has 1 unspecified atom stereocenters. The lowest BCUT2D eigenvalue weighted by atomic mass is 9.70. The van der Waals surface area contributed by atoms with Crippen molar-refractivity contribution in [1.82, 2.24) is 0 Å². The average Bonchev–Trinajstić information content (AvgIpc) is 3.83. The molecular weight excluding hydrogens is 773 g/mol. The van der Waals surface area contributed by atoms with Gasteiger partial charge in [0.1, 0.15) is 0 Å². The van der Waals surface area contributed by atoms with Crippen molar-refractivity contribution in [2.24, 2.45) is 0 Å². The van der Waals surface area contributed by atoms with Gasteiger partial charge in [-0.1, -0.05) is 170 Å². The van der Waals surface area contributed by atoms with Gasteiger partial charge in [0.15, 0.2) is 0 Å². The largest absolute Gasteiger partial charge is 0.310 e. The summed E-state index contributed by atoms with van der Waals surface area (Å²) in [6, 6.07) is 90.1. The predicted octanol–water partition coefficient (Wildman–Crippen LogP) is 16.0. The molecule has 0 aromatic heterocycles. The van der Waals surface area contributed by atoms with Crippen LogP contribution < -0.4 is 4.90 Å². The van der Waals surface area contributed by atoms with Crippen molar-refractivity contribution < 1.29 is 0 Å². The maximum absolute atomic E-state index is 10.4. The van der Waals surface area contributed by atoms with Crippen LogP contribution in [0.3, 0.4) is 0 Å². The first-order valence-electron chi connectivity index (χ1n) is 21.9. The van der Waals surface area contributed by atoms with E-state index in [2.05, 4.69) is 248 Å². The lowest BCUT2D eigenvalue weighted by Crippen LogP contribution is -2.26. The van der Waals surface area contributed by atoms with Gasteiger partial charge in [0, 0.05) is 17.1 Å². The molecule has 64 heavy (non-hydrogen) atoms. The third kappa shape index (κ3) is 5.94. The summed E-state index contributed by atoms with van der Waals surface area (Å²) in [5, 5.41) is 10.4. The minimum absolute atomic E-state index is 0.653. The molecule has 12 rings (SSSR count). The molecule has 2 aliphatic rings. The first kappa shape index (κ1) is 37.3. The van der Waals surface area contributed by atoms with Crippen LogP contribution in [0.4, 0.5) is 17.1 Å². The van der Waals surface area contributed by atoms with Crippen molar-refractivity contribution in [2.45, 2.75) is 5.41 Å². The molecule has 0 fully saturated rings. The Morgan fingerprint density at radius 2 is 0.719 bits per heavy atom. The number of fused-ring (bicyclic) bond motifs is 10. The molecule has 10 aromatic rings. The van der Waals surface area contributed by atoms with E-state index < -0.39 is 5.41 Å². The maximum Gasteiger partial charge on any atom is 0.0991 e. The van der Waals surface area contributed by atoms with Gasteiger partial charge in [0.2, 0.25) is 0 Å². The van der Waals surface area contributed by atoms with Gasteiger partial charge in [-0.25, -0.2) is 0 Å². The van der Waals surface area contributed by atoms with Crippen LogP contribution in [0.1, 0.15) is 27.8 Å². The summed E-state index contributed by atoms with van der Waals surface area (Å²) < 4.78 is 0. The topological polar surface area (TPSA) is 27.0 Å². The Hall–Kier alpha value is -8.51. The molecule has 10 aromatic carbocycles. The summed E-state index contributed by atoms with van der Waals surface area (Å²) >= 11 is 0. The van der Waals surface area contributed by atoms with Gasteiger partial charge in [-0.05, 0) is 162 Å². The molecule has 1 spiro atoms. The summed E-state index contributed by atoms with van der Waals surface area (Å²) in [6.45, 7) is 0. The third-order valence-electron chi connectivity index (χ3n) is 13.3. The fourth-order valence-corrected chi connectivity index (χ4v) is 10.4. The number of para-hydroxylation sites is 1. The second-order valence-electron chi connectivity index (χ2n) is 16.8. The number of hydrogen-bond donors (Lipinski definition) is 0. The average molecular weight is 813 g/mol. The van der Waals surface area contributed by atoms with Gasteiger partial charge >= 0.3 is 0 Å². The molecule has 2 nitrogen and oxygen atoms in total. The molecule has 0 radical (unpaired) electrons. The Morgan fingerprint density at radius 3 is 1.36 bits per heavy atom. The molecule has 0 bridgehead atoms. The van der Waals surface area contributed by atoms with Gasteiger partial charge in [-0.15, -0.1) is 0 Å². The van der Waals surface area contributed by atoms with Crippen molar-refractivity contribution >= 4 is 17.1 Å². The van der Waals surface area contributed by atoms with Crippen LogP contribution >= 0.6 is 0 Å². The van der Waals surface area contributed by atoms with E-state index in [1.54, 1.807) is 0 Å². The van der Waals surface area contributed by atoms with Crippen LogP contribution in [-0.4, -0.2) is 0 Å². The smallest absolute Gasteiger partial charge is 0.0991 e. The highest BCUT2D eigenvalue weighted by Gasteiger charge is 2.52. The normalized spacial score (nSPS) is 14.0. The number of nitrogens with zero attached hydrogens (tertiary/aromatic N) is 2. The number of hydrogen-bond acceptors (Lipinski definition) is 2. The van der Waals surface area contributed by atoms with Crippen molar-refractivity contribution in [3.8, 4) is 72.8 Å². The maximum atomic E-state index is 10.4. The molecule has 2 heteroatoms. The standard InChI is InChI=1S/C62H40N2/c63-41-42-28-31-55-54-26-13-14-27-58(54)62(59(55)34-42)60-39-47(43-16-5-1-6-17-43)29-32-56(60)57-33-30-53(40-61(57)62)64(51-23-11-4-12-24-51)52-25-15-22-46(38-52)50-36-48(44-18-7-2-8-19-44)35-49(37-50)45-20-9-3-10-21-45/h1-40H. The van der Waals surface area contributed by atoms with Crippen molar-refractivity contribution in [3.63, 3.8) is 0 Å². The summed E-state index contributed by atoms with van der Waals surface area (Å²) in [7, 11) is 0. The second-order valence-corrected chi connectivity index (χ2v) is 16.8. The van der Waals surface area contributed by atoms with E-state index in [9.17, 15) is 5.26 Å². The van der Waals surface area contributed by atoms with Crippen molar-refractivity contribution in [3.05, 3.63) is 270 Å². The first-order chi connectivity index (χ1) is 31.7. The summed E-state index contributed by atoms with van der Waals surface area (Å²) in [6.07, 6.45) is 0. The monoisotopic (exact) mass is 812 g/mol. The Balaban J connectivity index is 1.07. The minimum Gasteiger partial charge on any atom is -0.310 e. The van der Waals surface area contributed by atoms with E-state index in [1.807, 2.05) is 6.07 Å². The zero-order chi connectivity index (χ0) is 42.6. The summed E-state index contributed by atoms with van der Waals surface area (Å²) in [5.74, 6) is 0. The van der Waals surface area contributed by atoms with Crippen molar-refractivity contribution in [2.75, 3.05) is 4.90 Å². The van der Waals surface area contributed by atoms with Gasteiger partial charge in [-0.2, -0.15) is 5.26 Å². The van der Waals surface area contributed by atoms with Crippen LogP contribution in [0.25, 0.3) is 66.8 Å². The Bertz CT molecular complexity index is 3380. The van der Waals surface area contributed by atoms with Crippen molar-refractivity contribution in [1.29, 1.82) is 5.26 Å². The van der Waals surface area contributed by atoms with Gasteiger partial charge in [-0.3, -0.25) is 0 Å². The Labute approximate surface area is 374 Å². The molecule has 1 atom stereocenters. The third-order valence-corrected chi connectivity index (χ3v) is 13.3. The molecule has 0 aliphatic heterocycles. The van der Waals surface area contributed by atoms with Gasteiger partial charge < -0.3 is 4.90 Å². The molecule has 298 valence electrons. The SMILES string of the molecule is N#Cc1ccc2c(c1)C1(c3ccccc3-2)c2cc(-c3ccccc3)ccc2-c2ccc(N(c3ccccc3)c3cccc(-c4cc(-c5ccccc5)cc(-c5ccccc5)c4)c3)cc21. The van der Waals surface area contributed by atoms with E-state index in [-0.39, 0.29) is 0 Å². The van der Waals surface area contributed by atoms with E-state index >= 15 is 0 Å². The highest BCUT2D eigenvalue weighted by atomic mass is 15.1. The van der Waals surface area contributed by atoms with E-state index in [0.29, 0.717) is 5.56 Å². The molecule has 0 amide bonds. The van der Waals surface area contributed by atoms with Crippen LogP contribution in [-0.2, 0) is 5.41 Å². The quantitative estimate of drug-likeness (QED) is 0.160. The second kappa shape index (κ2) is 15.1. The Kier molecular flexibility index (Phi) is 8.81. The highest BCUT2D eigenvalue weighted by molar-refractivity contribution is 5.97. The Morgan fingerprint density at radius 1 is 0.281 bits per heavy atom. The lowest BCUT2D eigenvalue weighted by Gasteiger charge is -2.32. The molecule has 0 N–H and O–H groups in total. The van der Waals surface area contributed by atoms with Crippen LogP contribution in [0, 0.1) is 11.3 Å². The molecule has 0 saturated heterocycles. The van der Waals surface area contributed by atoms with Crippen LogP contribution in [0.5, 0.6) is 0 Å². The molecule has 0 saturated carbocycles. The zero-order valence-electron chi connectivity index (χ0n) is 35.0. The van der Waals surface area contributed by atoms with Gasteiger partial charge in [0.05, 0.1) is 17.0 Å². The number of rotatable bonds is 7. The zero-order valence-corrected chi connectivity index (χ0v) is 35.0. The number of benzene rings is 10. The van der Waals surface area contributed by atoms with E-state index in [4.69, 9.17) is 0 Å². The fraction of sp³-hybridized carbons (Fsp3) is 0.0161. The van der Waals surface area contributed by atoms with Crippen LogP contribution in [0.2, 0.25) is 0 Å². The molecular formula is C62H40N2. The highest BCUT2D eigenvalue weighted by Crippen LogP contribution is 2.64. The first-order valence-corrected chi connectivity index (χ1v) is 21.9. The van der Waals surface area contributed by atoms with E-state index in [0.717, 1.165) is 33.8 Å². The van der Waals surface area contributed by atoms with E-state index in [1.165, 1.54) is 72.3 Å². The lowest BCUT2D eigenvalue weighted by molar-refractivity contribution is 0.793. The van der Waals surface area contributed by atoms with Crippen LogP contribution in [0.15, 0.2) is 243 Å². The molecule has 2 aliphatic carbocycles. The summed E-state index contributed by atoms with van der Waals surface area (Å²) in [4.78, 5) is 2.39. The number of nitriles is 1. The van der Waals surface area contributed by atoms with Gasteiger partial charge in [0.25, 0.3) is 0 Å². The fourth-order valence-electron chi connectivity index (χ4n) is 10.4. The molecule has 0 heterocycles. The summed E-state index contributed by atoms with van der Waals surface area (Å²) in [5.41, 5.74) is 22.2. The predicted molar refractivity (Wildman–Crippen MR) is 264 cm³/mol. The minimum atomic E-state index is -0.653. The number of anilines is 3.